The number of hydrogen-bond acceptors (Lipinski definition) is 3. The molecule has 0 spiro atoms. The summed E-state index contributed by atoms with van der Waals surface area (Å²) in [6.45, 7) is 4.59. The van der Waals surface area contributed by atoms with Crippen LogP contribution in [0.3, 0.4) is 0 Å². The van der Waals surface area contributed by atoms with Crippen molar-refractivity contribution in [2.24, 2.45) is 4.99 Å². The highest BCUT2D eigenvalue weighted by molar-refractivity contribution is 7.78. The summed E-state index contributed by atoms with van der Waals surface area (Å²) in [7, 11) is 0. The van der Waals surface area contributed by atoms with E-state index in [-0.39, 0.29) is 0 Å². The number of aliphatic imine (C=N–C) groups is 1. The molecule has 1 heterocycles. The Labute approximate surface area is 73.3 Å². The number of likely N-dealkylation sites (tertiary alicyclic amines) is 1. The fourth-order valence-electron chi connectivity index (χ4n) is 1.43. The number of thiocarbonyl (C=S) groups is 1. The van der Waals surface area contributed by atoms with Crippen molar-refractivity contribution >= 4 is 17.4 Å². The summed E-state index contributed by atoms with van der Waals surface area (Å²) in [5.74, 6) is 0. The molecule has 1 rings (SSSR count). The van der Waals surface area contributed by atoms with Crippen LogP contribution < -0.4 is 0 Å². The third-order valence-corrected chi connectivity index (χ3v) is 2.14. The summed E-state index contributed by atoms with van der Waals surface area (Å²) < 4.78 is 0. The van der Waals surface area contributed by atoms with Crippen molar-refractivity contribution in [2.45, 2.75) is 19.3 Å². The van der Waals surface area contributed by atoms with E-state index in [1.165, 1.54) is 32.5 Å². The number of isothiocyanates is 1. The molecule has 1 aliphatic heterocycles. The van der Waals surface area contributed by atoms with Gasteiger partial charge in [0.05, 0.1) is 11.7 Å². The first-order valence-electron chi connectivity index (χ1n) is 4.19. The fourth-order valence-corrected chi connectivity index (χ4v) is 1.52. The van der Waals surface area contributed by atoms with Gasteiger partial charge in [-0.3, -0.25) is 0 Å². The van der Waals surface area contributed by atoms with E-state index in [1.54, 1.807) is 0 Å². The molecule has 1 fully saturated rings. The molecule has 0 aromatic rings. The molecule has 0 aliphatic carbocycles. The van der Waals surface area contributed by atoms with E-state index in [1.807, 2.05) is 0 Å². The molecule has 1 aliphatic rings. The third kappa shape index (κ3) is 3.61. The van der Waals surface area contributed by atoms with Crippen LogP contribution in [-0.2, 0) is 0 Å². The van der Waals surface area contributed by atoms with Gasteiger partial charge in [-0.15, -0.1) is 0 Å². The lowest BCUT2D eigenvalue weighted by Gasteiger charge is -2.12. The standard InChI is InChI=1S/C8H14N2S/c11-8-9-4-3-7-10-5-1-2-6-10/h1-7H2. The fraction of sp³-hybridized carbons (Fsp3) is 0.875. The molecule has 0 bridgehead atoms. The highest BCUT2D eigenvalue weighted by Crippen LogP contribution is 2.06. The Kier molecular flexibility index (Phi) is 4.36. The lowest BCUT2D eigenvalue weighted by atomic mass is 10.4. The predicted octanol–water partition coefficient (Wildman–Crippen LogP) is 1.58. The van der Waals surface area contributed by atoms with Crippen LogP contribution in [-0.4, -0.2) is 36.2 Å². The van der Waals surface area contributed by atoms with Gasteiger partial charge in [0.2, 0.25) is 0 Å². The average Bonchev–Trinajstić information content (AvgIpc) is 2.50. The topological polar surface area (TPSA) is 15.6 Å². The second-order valence-corrected chi connectivity index (χ2v) is 3.06. The molecular formula is C8H14N2S. The van der Waals surface area contributed by atoms with Crippen LogP contribution in [0.25, 0.3) is 0 Å². The second kappa shape index (κ2) is 5.42. The highest BCUT2D eigenvalue weighted by Gasteiger charge is 2.09. The molecule has 0 amide bonds. The van der Waals surface area contributed by atoms with E-state index < -0.39 is 0 Å². The van der Waals surface area contributed by atoms with E-state index in [4.69, 9.17) is 0 Å². The Hall–Kier alpha value is -0.240. The van der Waals surface area contributed by atoms with Gasteiger partial charge >= 0.3 is 0 Å². The average molecular weight is 170 g/mol. The monoisotopic (exact) mass is 170 g/mol. The zero-order valence-electron chi connectivity index (χ0n) is 6.75. The second-order valence-electron chi connectivity index (χ2n) is 2.88. The molecule has 0 aromatic heterocycles. The summed E-state index contributed by atoms with van der Waals surface area (Å²) in [6.07, 6.45) is 3.87. The maximum atomic E-state index is 4.47. The Morgan fingerprint density at radius 3 is 2.73 bits per heavy atom. The zero-order valence-corrected chi connectivity index (χ0v) is 7.57. The van der Waals surface area contributed by atoms with E-state index in [0.29, 0.717) is 0 Å². The predicted molar refractivity (Wildman–Crippen MR) is 50.2 cm³/mol. The minimum Gasteiger partial charge on any atom is -0.303 e. The maximum absolute atomic E-state index is 4.47. The number of nitrogens with zero attached hydrogens (tertiary/aromatic N) is 2. The Bertz CT molecular complexity index is 146. The largest absolute Gasteiger partial charge is 0.303 e. The maximum Gasteiger partial charge on any atom is 0.0584 e. The lowest BCUT2D eigenvalue weighted by molar-refractivity contribution is 0.336. The van der Waals surface area contributed by atoms with Crippen LogP contribution in [0.1, 0.15) is 19.3 Å². The van der Waals surface area contributed by atoms with Gasteiger partial charge in [-0.2, -0.15) is 0 Å². The first-order chi connectivity index (χ1) is 5.43. The van der Waals surface area contributed by atoms with Gasteiger partial charge in [-0.1, -0.05) is 0 Å². The van der Waals surface area contributed by atoms with Gasteiger partial charge in [0.1, 0.15) is 0 Å². The summed E-state index contributed by atoms with van der Waals surface area (Å²) in [6, 6.07) is 0. The Morgan fingerprint density at radius 2 is 2.09 bits per heavy atom. The summed E-state index contributed by atoms with van der Waals surface area (Å²) in [5, 5.41) is 2.38. The molecular weight excluding hydrogens is 156 g/mol. The normalized spacial score (nSPS) is 18.2. The molecule has 0 saturated carbocycles. The van der Waals surface area contributed by atoms with E-state index >= 15 is 0 Å². The van der Waals surface area contributed by atoms with Gasteiger partial charge in [0.15, 0.2) is 0 Å². The van der Waals surface area contributed by atoms with Crippen molar-refractivity contribution in [3.63, 3.8) is 0 Å². The smallest absolute Gasteiger partial charge is 0.0584 e. The van der Waals surface area contributed by atoms with Gasteiger partial charge in [-0.25, -0.2) is 4.99 Å². The molecule has 0 radical (unpaired) electrons. The Balaban J connectivity index is 1.97. The lowest BCUT2D eigenvalue weighted by Crippen LogP contribution is -2.20. The molecule has 3 heteroatoms. The van der Waals surface area contributed by atoms with Crippen molar-refractivity contribution in [1.29, 1.82) is 0 Å². The molecule has 0 unspecified atom stereocenters. The minimum absolute atomic E-state index is 0.847. The highest BCUT2D eigenvalue weighted by atomic mass is 32.1. The van der Waals surface area contributed by atoms with Gasteiger partial charge in [-0.05, 0) is 51.1 Å². The van der Waals surface area contributed by atoms with Crippen molar-refractivity contribution in [1.82, 2.24) is 4.90 Å². The van der Waals surface area contributed by atoms with Crippen LogP contribution >= 0.6 is 12.2 Å². The van der Waals surface area contributed by atoms with E-state index in [2.05, 4.69) is 27.3 Å². The van der Waals surface area contributed by atoms with Crippen molar-refractivity contribution in [3.05, 3.63) is 0 Å². The number of rotatable bonds is 4. The first-order valence-corrected chi connectivity index (χ1v) is 4.60. The van der Waals surface area contributed by atoms with Crippen LogP contribution in [0.5, 0.6) is 0 Å². The molecule has 1 saturated heterocycles. The van der Waals surface area contributed by atoms with Gasteiger partial charge in [0, 0.05) is 0 Å². The van der Waals surface area contributed by atoms with Crippen LogP contribution in [0.2, 0.25) is 0 Å². The van der Waals surface area contributed by atoms with Crippen molar-refractivity contribution in [2.75, 3.05) is 26.2 Å². The van der Waals surface area contributed by atoms with Gasteiger partial charge in [0.25, 0.3) is 0 Å². The van der Waals surface area contributed by atoms with Crippen LogP contribution in [0, 0.1) is 0 Å². The van der Waals surface area contributed by atoms with Crippen LogP contribution in [0.15, 0.2) is 4.99 Å². The summed E-state index contributed by atoms with van der Waals surface area (Å²) in [5.41, 5.74) is 0. The van der Waals surface area contributed by atoms with Gasteiger partial charge < -0.3 is 4.90 Å². The SMILES string of the molecule is S=C=NCCCN1CCCC1. The first kappa shape index (κ1) is 8.85. The Morgan fingerprint density at radius 1 is 1.36 bits per heavy atom. The summed E-state index contributed by atoms with van der Waals surface area (Å²) in [4.78, 5) is 6.36. The van der Waals surface area contributed by atoms with Crippen molar-refractivity contribution in [3.8, 4) is 0 Å². The van der Waals surface area contributed by atoms with E-state index in [0.717, 1.165) is 13.0 Å². The molecule has 11 heavy (non-hydrogen) atoms. The van der Waals surface area contributed by atoms with Crippen molar-refractivity contribution < 1.29 is 0 Å². The number of hydrogen-bond donors (Lipinski definition) is 0. The molecule has 2 nitrogen and oxygen atoms in total. The van der Waals surface area contributed by atoms with Crippen LogP contribution in [0.4, 0.5) is 0 Å². The zero-order chi connectivity index (χ0) is 7.94. The molecule has 0 N–H and O–H groups in total. The molecule has 0 aromatic carbocycles. The minimum atomic E-state index is 0.847. The van der Waals surface area contributed by atoms with E-state index in [9.17, 15) is 0 Å². The molecule has 62 valence electrons. The third-order valence-electron chi connectivity index (χ3n) is 2.01. The quantitative estimate of drug-likeness (QED) is 0.361. The summed E-state index contributed by atoms with van der Waals surface area (Å²) >= 11 is 4.47. The molecule has 0 atom stereocenters.